The van der Waals surface area contributed by atoms with Gasteiger partial charge in [-0.1, -0.05) is 32.1 Å². The van der Waals surface area contributed by atoms with E-state index in [9.17, 15) is 9.59 Å². The zero-order chi connectivity index (χ0) is 22.8. The lowest BCUT2D eigenvalue weighted by Gasteiger charge is -2.38. The Morgan fingerprint density at radius 1 is 1.03 bits per heavy atom. The Morgan fingerprint density at radius 2 is 1.71 bits per heavy atom. The highest BCUT2D eigenvalue weighted by atomic mass is 16.6. The number of rotatable bonds is 4. The fraction of sp³-hybridized carbons (Fsp3) is 0.917. The van der Waals surface area contributed by atoms with Crippen molar-refractivity contribution in [3.63, 3.8) is 0 Å². The Morgan fingerprint density at radius 3 is 2.32 bits per heavy atom. The van der Waals surface area contributed by atoms with Crippen molar-refractivity contribution < 1.29 is 28.5 Å². The smallest absolute Gasteiger partial charge is 0.412 e. The fourth-order valence-corrected chi connectivity index (χ4v) is 5.50. The van der Waals surface area contributed by atoms with E-state index < -0.39 is 23.5 Å². The number of amides is 1. The third kappa shape index (κ3) is 5.72. The topological polar surface area (TPSA) is 74.3 Å². The molecule has 1 amide bonds. The average Bonchev–Trinajstić information content (AvgIpc) is 2.97. The van der Waals surface area contributed by atoms with Crippen LogP contribution in [0.1, 0.15) is 86.0 Å². The monoisotopic (exact) mass is 439 g/mol. The number of hydrogen-bond acceptors (Lipinski definition) is 6. The summed E-state index contributed by atoms with van der Waals surface area (Å²) in [6.07, 6.45) is 7.22. The molecule has 2 heterocycles. The molecule has 2 aliphatic heterocycles. The Labute approximate surface area is 187 Å². The molecule has 31 heavy (non-hydrogen) atoms. The van der Waals surface area contributed by atoms with Gasteiger partial charge in [-0.2, -0.15) is 0 Å². The zero-order valence-corrected chi connectivity index (χ0v) is 20.1. The van der Waals surface area contributed by atoms with Crippen LogP contribution in [0, 0.1) is 11.8 Å². The predicted molar refractivity (Wildman–Crippen MR) is 116 cm³/mol. The second-order valence-electron chi connectivity index (χ2n) is 10.8. The number of carbonyl (C=O) groups excluding carboxylic acids is 2. The minimum Gasteiger partial charge on any atom is -0.469 e. The number of carbonyl (C=O) groups is 2. The number of ether oxygens (including phenoxy) is 4. The summed E-state index contributed by atoms with van der Waals surface area (Å²) in [5, 5.41) is 0. The van der Waals surface area contributed by atoms with E-state index in [0.29, 0.717) is 18.9 Å². The minimum atomic E-state index is -0.853. The first-order valence-electron chi connectivity index (χ1n) is 11.9. The van der Waals surface area contributed by atoms with Crippen molar-refractivity contribution in [3.05, 3.63) is 0 Å². The standard InChI is InChI=1S/C24H41NO6/c1-23(2,3)31-22(27)25-18(15-16-11-8-7-9-12-16)20(30-24(25,4)5)19-17(21(26)28-6)13-10-14-29-19/h16-20H,7-15H2,1-6H3/t17?,18-,19?,20?/m1/s1. The van der Waals surface area contributed by atoms with Gasteiger partial charge in [0.15, 0.2) is 0 Å². The number of nitrogens with zero attached hydrogens (tertiary/aromatic N) is 1. The van der Waals surface area contributed by atoms with Gasteiger partial charge in [-0.15, -0.1) is 0 Å². The molecular weight excluding hydrogens is 398 g/mol. The molecule has 2 saturated heterocycles. The van der Waals surface area contributed by atoms with E-state index in [1.54, 1.807) is 4.90 Å². The Kier molecular flexibility index (Phi) is 7.57. The number of hydrogen-bond donors (Lipinski definition) is 0. The summed E-state index contributed by atoms with van der Waals surface area (Å²) in [6.45, 7) is 10.0. The largest absolute Gasteiger partial charge is 0.469 e. The van der Waals surface area contributed by atoms with E-state index in [-0.39, 0.29) is 24.0 Å². The molecule has 1 aliphatic carbocycles. The second kappa shape index (κ2) is 9.65. The maximum atomic E-state index is 13.3. The van der Waals surface area contributed by atoms with Gasteiger partial charge in [0.1, 0.15) is 17.4 Å². The van der Waals surface area contributed by atoms with Crippen LogP contribution in [-0.2, 0) is 23.7 Å². The van der Waals surface area contributed by atoms with Crippen molar-refractivity contribution in [1.29, 1.82) is 0 Å². The van der Waals surface area contributed by atoms with Gasteiger partial charge < -0.3 is 18.9 Å². The van der Waals surface area contributed by atoms with Gasteiger partial charge in [-0.3, -0.25) is 9.69 Å². The van der Waals surface area contributed by atoms with Gasteiger partial charge in [-0.25, -0.2) is 4.79 Å². The summed E-state index contributed by atoms with van der Waals surface area (Å²) < 4.78 is 23.5. The van der Waals surface area contributed by atoms with E-state index in [4.69, 9.17) is 18.9 Å². The summed E-state index contributed by atoms with van der Waals surface area (Å²) >= 11 is 0. The van der Waals surface area contributed by atoms with E-state index in [2.05, 4.69) is 0 Å². The summed E-state index contributed by atoms with van der Waals surface area (Å²) in [5.74, 6) is -0.117. The van der Waals surface area contributed by atoms with Crippen molar-refractivity contribution in [2.24, 2.45) is 11.8 Å². The first-order chi connectivity index (χ1) is 14.5. The van der Waals surface area contributed by atoms with Gasteiger partial charge in [0, 0.05) is 6.61 Å². The van der Waals surface area contributed by atoms with Crippen molar-refractivity contribution in [2.75, 3.05) is 13.7 Å². The van der Waals surface area contributed by atoms with E-state index >= 15 is 0 Å². The molecule has 3 fully saturated rings. The molecule has 0 aromatic rings. The minimum absolute atomic E-state index is 0.205. The van der Waals surface area contributed by atoms with Crippen LogP contribution >= 0.6 is 0 Å². The lowest BCUT2D eigenvalue weighted by molar-refractivity contribution is -0.172. The van der Waals surface area contributed by atoms with Gasteiger partial charge in [0.2, 0.25) is 0 Å². The molecule has 4 atom stereocenters. The highest BCUT2D eigenvalue weighted by Crippen LogP contribution is 2.43. The molecule has 0 aromatic carbocycles. The van der Waals surface area contributed by atoms with Gasteiger partial charge in [-0.05, 0) is 59.8 Å². The molecule has 0 aromatic heterocycles. The quantitative estimate of drug-likeness (QED) is 0.593. The SMILES string of the molecule is COC(=O)C1CCCOC1C1OC(C)(C)N(C(=O)OC(C)(C)C)[C@@H]1CC1CCCCC1. The lowest BCUT2D eigenvalue weighted by Crippen LogP contribution is -2.53. The highest BCUT2D eigenvalue weighted by Gasteiger charge is 2.56. The van der Waals surface area contributed by atoms with Crippen LogP contribution in [-0.4, -0.2) is 60.3 Å². The molecule has 0 bridgehead atoms. The summed E-state index contributed by atoms with van der Waals surface area (Å²) in [4.78, 5) is 27.6. The normalized spacial score (nSPS) is 32.0. The molecule has 7 nitrogen and oxygen atoms in total. The third-order valence-electron chi connectivity index (χ3n) is 6.80. The lowest BCUT2D eigenvalue weighted by atomic mass is 9.80. The van der Waals surface area contributed by atoms with Crippen molar-refractivity contribution in [2.45, 2.75) is 116 Å². The van der Waals surface area contributed by atoms with Crippen LogP contribution in [0.3, 0.4) is 0 Å². The van der Waals surface area contributed by atoms with E-state index in [0.717, 1.165) is 25.7 Å². The molecule has 3 rings (SSSR count). The molecule has 7 heteroatoms. The Hall–Kier alpha value is -1.34. The maximum absolute atomic E-state index is 13.3. The van der Waals surface area contributed by atoms with Gasteiger partial charge in [0.05, 0.1) is 25.2 Å². The van der Waals surface area contributed by atoms with Crippen molar-refractivity contribution >= 4 is 12.1 Å². The van der Waals surface area contributed by atoms with Gasteiger partial charge in [0.25, 0.3) is 0 Å². The number of esters is 1. The third-order valence-corrected chi connectivity index (χ3v) is 6.80. The second-order valence-corrected chi connectivity index (χ2v) is 10.8. The average molecular weight is 440 g/mol. The van der Waals surface area contributed by atoms with Crippen molar-refractivity contribution in [1.82, 2.24) is 4.90 Å². The molecule has 0 spiro atoms. The summed E-state index contributed by atoms with van der Waals surface area (Å²) in [7, 11) is 1.42. The van der Waals surface area contributed by atoms with Crippen LogP contribution in [0.5, 0.6) is 0 Å². The van der Waals surface area contributed by atoms with Crippen LogP contribution in [0.15, 0.2) is 0 Å². The molecule has 178 valence electrons. The maximum Gasteiger partial charge on any atom is 0.412 e. The Bertz CT molecular complexity index is 636. The van der Waals surface area contributed by atoms with Gasteiger partial charge >= 0.3 is 12.1 Å². The summed E-state index contributed by atoms with van der Waals surface area (Å²) in [6, 6.07) is -0.205. The molecule has 0 N–H and O–H groups in total. The summed E-state index contributed by atoms with van der Waals surface area (Å²) in [5.41, 5.74) is -1.45. The zero-order valence-electron chi connectivity index (χ0n) is 20.1. The van der Waals surface area contributed by atoms with Crippen molar-refractivity contribution in [3.8, 4) is 0 Å². The highest BCUT2D eigenvalue weighted by molar-refractivity contribution is 5.73. The predicted octanol–water partition coefficient (Wildman–Crippen LogP) is 4.67. The molecular formula is C24H41NO6. The first-order valence-corrected chi connectivity index (χ1v) is 11.9. The van der Waals surface area contributed by atoms with Crippen LogP contribution in [0.25, 0.3) is 0 Å². The van der Waals surface area contributed by atoms with Crippen LogP contribution in [0.2, 0.25) is 0 Å². The van der Waals surface area contributed by atoms with E-state index in [1.165, 1.54) is 26.4 Å². The Balaban J connectivity index is 1.91. The first kappa shape index (κ1) is 24.3. The fourth-order valence-electron chi connectivity index (χ4n) is 5.50. The number of methoxy groups -OCH3 is 1. The van der Waals surface area contributed by atoms with Crippen LogP contribution < -0.4 is 0 Å². The molecule has 1 saturated carbocycles. The molecule has 3 unspecified atom stereocenters. The van der Waals surface area contributed by atoms with E-state index in [1.807, 2.05) is 34.6 Å². The molecule has 3 aliphatic rings. The molecule has 0 radical (unpaired) electrons. The van der Waals surface area contributed by atoms with Crippen LogP contribution in [0.4, 0.5) is 4.79 Å².